The summed E-state index contributed by atoms with van der Waals surface area (Å²) in [6.07, 6.45) is 1.84. The first-order valence-corrected chi connectivity index (χ1v) is 7.95. The lowest BCUT2D eigenvalue weighted by Gasteiger charge is -2.21. The summed E-state index contributed by atoms with van der Waals surface area (Å²) in [7, 11) is 1.82. The van der Waals surface area contributed by atoms with Crippen LogP contribution in [0.2, 0.25) is 0 Å². The van der Waals surface area contributed by atoms with E-state index in [2.05, 4.69) is 10.6 Å². The number of para-hydroxylation sites is 1. The minimum absolute atomic E-state index is 0. The van der Waals surface area contributed by atoms with E-state index >= 15 is 0 Å². The second-order valence-corrected chi connectivity index (χ2v) is 5.97. The first kappa shape index (κ1) is 18.3. The van der Waals surface area contributed by atoms with Crippen LogP contribution in [0, 0.1) is 12.8 Å². The third kappa shape index (κ3) is 3.39. The van der Waals surface area contributed by atoms with Crippen LogP contribution in [0.1, 0.15) is 18.5 Å². The smallest absolute Gasteiger partial charge is 0.295 e. The lowest BCUT2D eigenvalue weighted by molar-refractivity contribution is -0.120. The van der Waals surface area contributed by atoms with Gasteiger partial charge in [-0.2, -0.15) is 0 Å². The summed E-state index contributed by atoms with van der Waals surface area (Å²) in [5.74, 6) is -0.156. The molecule has 2 N–H and O–H groups in total. The Hall–Kier alpha value is -2.05. The van der Waals surface area contributed by atoms with Gasteiger partial charge in [-0.3, -0.25) is 14.3 Å². The van der Waals surface area contributed by atoms with Crippen LogP contribution < -0.4 is 16.2 Å². The molecule has 1 saturated heterocycles. The van der Waals surface area contributed by atoms with Gasteiger partial charge in [-0.05, 0) is 38.4 Å². The number of anilines is 1. The second kappa shape index (κ2) is 7.68. The second-order valence-electron chi connectivity index (χ2n) is 5.97. The van der Waals surface area contributed by atoms with Crippen molar-refractivity contribution in [3.63, 3.8) is 0 Å². The number of benzene rings is 1. The predicted molar refractivity (Wildman–Crippen MR) is 97.2 cm³/mol. The number of rotatable bonds is 3. The van der Waals surface area contributed by atoms with Crippen molar-refractivity contribution in [2.45, 2.75) is 19.8 Å². The van der Waals surface area contributed by atoms with Crippen LogP contribution in [-0.4, -0.2) is 28.4 Å². The standard InChI is InChI=1S/C17H22N4O2.ClH/c1-12-15(19-16(22)13-7-6-10-18-11-13)17(23)21(20(12)2)14-8-4-3-5-9-14;/h3-5,8-9,13,18H,6-7,10-11H2,1-2H3,(H,19,22);1H. The molecule has 24 heavy (non-hydrogen) atoms. The number of halogens is 1. The van der Waals surface area contributed by atoms with E-state index in [0.29, 0.717) is 12.2 Å². The highest BCUT2D eigenvalue weighted by Crippen LogP contribution is 2.17. The average molecular weight is 351 g/mol. The van der Waals surface area contributed by atoms with E-state index in [0.717, 1.165) is 30.8 Å². The third-order valence-electron chi connectivity index (χ3n) is 4.47. The fourth-order valence-electron chi connectivity index (χ4n) is 3.01. The maximum atomic E-state index is 12.7. The number of amides is 1. The average Bonchev–Trinajstić information content (AvgIpc) is 2.80. The molecule has 3 rings (SSSR count). The Labute approximate surface area is 147 Å². The van der Waals surface area contributed by atoms with Crippen LogP contribution in [0.15, 0.2) is 35.1 Å². The first-order chi connectivity index (χ1) is 11.1. The van der Waals surface area contributed by atoms with E-state index in [-0.39, 0.29) is 29.8 Å². The van der Waals surface area contributed by atoms with Crippen LogP contribution >= 0.6 is 12.4 Å². The van der Waals surface area contributed by atoms with Gasteiger partial charge in [0.2, 0.25) is 5.91 Å². The SMILES string of the molecule is Cc1c(NC(=O)C2CCCNC2)c(=O)n(-c2ccccc2)n1C.Cl. The minimum atomic E-state index is -0.201. The summed E-state index contributed by atoms with van der Waals surface area (Å²) in [5.41, 5.74) is 1.69. The molecule has 0 saturated carbocycles. The summed E-state index contributed by atoms with van der Waals surface area (Å²) < 4.78 is 3.34. The van der Waals surface area contributed by atoms with E-state index < -0.39 is 0 Å². The number of hydrogen-bond donors (Lipinski definition) is 2. The number of piperidine rings is 1. The summed E-state index contributed by atoms with van der Waals surface area (Å²) in [6, 6.07) is 9.42. The van der Waals surface area contributed by atoms with Gasteiger partial charge in [0.05, 0.1) is 17.3 Å². The molecule has 1 atom stereocenters. The maximum absolute atomic E-state index is 12.7. The van der Waals surface area contributed by atoms with Gasteiger partial charge in [0.1, 0.15) is 5.69 Å². The minimum Gasteiger partial charge on any atom is -0.320 e. The molecule has 1 aromatic carbocycles. The molecule has 0 bridgehead atoms. The van der Waals surface area contributed by atoms with Crippen LogP contribution in [0.5, 0.6) is 0 Å². The molecule has 2 heterocycles. The fourth-order valence-corrected chi connectivity index (χ4v) is 3.01. The van der Waals surface area contributed by atoms with Crippen molar-refractivity contribution in [2.75, 3.05) is 18.4 Å². The van der Waals surface area contributed by atoms with Crippen molar-refractivity contribution in [2.24, 2.45) is 13.0 Å². The van der Waals surface area contributed by atoms with Gasteiger partial charge in [0.15, 0.2) is 0 Å². The molecule has 2 aromatic rings. The number of carbonyl (C=O) groups excluding carboxylic acids is 1. The lowest BCUT2D eigenvalue weighted by atomic mass is 9.99. The zero-order chi connectivity index (χ0) is 16.4. The molecule has 0 spiro atoms. The van der Waals surface area contributed by atoms with Gasteiger partial charge in [-0.25, -0.2) is 4.68 Å². The van der Waals surface area contributed by atoms with Crippen molar-refractivity contribution < 1.29 is 4.79 Å². The largest absolute Gasteiger partial charge is 0.320 e. The molecule has 1 aromatic heterocycles. The lowest BCUT2D eigenvalue weighted by Crippen LogP contribution is -2.38. The van der Waals surface area contributed by atoms with Gasteiger partial charge in [0, 0.05) is 13.6 Å². The predicted octanol–water partition coefficient (Wildman–Crippen LogP) is 1.84. The molecule has 0 radical (unpaired) electrons. The number of nitrogens with one attached hydrogen (secondary N) is 2. The van der Waals surface area contributed by atoms with E-state index in [1.165, 1.54) is 0 Å². The molecular formula is C17H23ClN4O2. The molecule has 130 valence electrons. The van der Waals surface area contributed by atoms with Gasteiger partial charge < -0.3 is 10.6 Å². The number of hydrogen-bond acceptors (Lipinski definition) is 3. The van der Waals surface area contributed by atoms with E-state index in [1.807, 2.05) is 44.3 Å². The highest BCUT2D eigenvalue weighted by atomic mass is 35.5. The van der Waals surface area contributed by atoms with Crippen LogP contribution in [0.4, 0.5) is 5.69 Å². The molecule has 6 nitrogen and oxygen atoms in total. The van der Waals surface area contributed by atoms with Crippen molar-refractivity contribution >= 4 is 24.0 Å². The number of carbonyl (C=O) groups is 1. The normalized spacial score (nSPS) is 17.2. The van der Waals surface area contributed by atoms with Gasteiger partial charge in [-0.1, -0.05) is 18.2 Å². The van der Waals surface area contributed by atoms with Gasteiger partial charge in [0.25, 0.3) is 5.56 Å². The molecule has 7 heteroatoms. The van der Waals surface area contributed by atoms with Crippen LogP contribution in [0.3, 0.4) is 0 Å². The molecule has 1 amide bonds. The summed E-state index contributed by atoms with van der Waals surface area (Å²) >= 11 is 0. The molecule has 1 fully saturated rings. The van der Waals surface area contributed by atoms with Crippen molar-refractivity contribution in [3.05, 3.63) is 46.4 Å². The van der Waals surface area contributed by atoms with Crippen LogP contribution in [0.25, 0.3) is 5.69 Å². The molecule has 1 aliphatic heterocycles. The molecule has 1 aliphatic rings. The fraction of sp³-hybridized carbons (Fsp3) is 0.412. The number of nitrogens with zero attached hydrogens (tertiary/aromatic N) is 2. The van der Waals surface area contributed by atoms with Gasteiger partial charge >= 0.3 is 0 Å². The van der Waals surface area contributed by atoms with Crippen molar-refractivity contribution in [1.82, 2.24) is 14.7 Å². The highest BCUT2D eigenvalue weighted by molar-refractivity contribution is 5.93. The zero-order valence-corrected chi connectivity index (χ0v) is 14.7. The van der Waals surface area contributed by atoms with E-state index in [1.54, 1.807) is 9.36 Å². The first-order valence-electron chi connectivity index (χ1n) is 7.95. The maximum Gasteiger partial charge on any atom is 0.295 e. The van der Waals surface area contributed by atoms with Crippen molar-refractivity contribution in [1.29, 1.82) is 0 Å². The molecule has 0 aliphatic carbocycles. The third-order valence-corrected chi connectivity index (χ3v) is 4.47. The van der Waals surface area contributed by atoms with Gasteiger partial charge in [-0.15, -0.1) is 12.4 Å². The Balaban J connectivity index is 0.00000208. The van der Waals surface area contributed by atoms with E-state index in [4.69, 9.17) is 0 Å². The topological polar surface area (TPSA) is 68.1 Å². The van der Waals surface area contributed by atoms with E-state index in [9.17, 15) is 9.59 Å². The Kier molecular flexibility index (Phi) is 5.85. The Morgan fingerprint density at radius 2 is 2.00 bits per heavy atom. The highest BCUT2D eigenvalue weighted by Gasteiger charge is 2.24. The monoisotopic (exact) mass is 350 g/mol. The zero-order valence-electron chi connectivity index (χ0n) is 13.9. The summed E-state index contributed by atoms with van der Waals surface area (Å²) in [5, 5.41) is 6.07. The quantitative estimate of drug-likeness (QED) is 0.887. The summed E-state index contributed by atoms with van der Waals surface area (Å²) in [6.45, 7) is 3.47. The number of aromatic nitrogens is 2. The summed E-state index contributed by atoms with van der Waals surface area (Å²) in [4.78, 5) is 25.2. The van der Waals surface area contributed by atoms with Crippen molar-refractivity contribution in [3.8, 4) is 5.69 Å². The Morgan fingerprint density at radius 3 is 2.62 bits per heavy atom. The molecule has 1 unspecified atom stereocenters. The Bertz CT molecular complexity index is 761. The Morgan fingerprint density at radius 1 is 1.29 bits per heavy atom. The van der Waals surface area contributed by atoms with Crippen LogP contribution in [-0.2, 0) is 11.8 Å². The molecular weight excluding hydrogens is 328 g/mol.